The number of carbonyl (C=O) groups is 2. The Morgan fingerprint density at radius 2 is 1.86 bits per heavy atom. The van der Waals surface area contributed by atoms with Crippen molar-refractivity contribution in [3.63, 3.8) is 0 Å². The van der Waals surface area contributed by atoms with E-state index in [0.717, 1.165) is 32.1 Å². The van der Waals surface area contributed by atoms with Gasteiger partial charge >= 0.3 is 0 Å². The Bertz CT molecular complexity index is 830. The number of nitrogens with one attached hydrogen (secondary N) is 1. The quantitative estimate of drug-likeness (QED) is 0.684. The average Bonchev–Trinajstić information content (AvgIpc) is 2.74. The smallest absolute Gasteiger partial charge is 0.251 e. The molecule has 2 fully saturated rings. The number of hydrogen-bond acceptors (Lipinski definition) is 5. The molecule has 160 valence electrons. The molecule has 0 saturated carbocycles. The van der Waals surface area contributed by atoms with Crippen molar-refractivity contribution in [1.29, 1.82) is 0 Å². The van der Waals surface area contributed by atoms with Crippen LogP contribution in [0.2, 0.25) is 0 Å². The molecule has 0 spiro atoms. The minimum Gasteiger partial charge on any atom is -0.381 e. The van der Waals surface area contributed by atoms with Crippen molar-refractivity contribution in [3.05, 3.63) is 29.8 Å². The number of sulfonamides is 1. The zero-order valence-corrected chi connectivity index (χ0v) is 17.3. The van der Waals surface area contributed by atoms with Crippen LogP contribution in [-0.4, -0.2) is 56.9 Å². The van der Waals surface area contributed by atoms with Crippen molar-refractivity contribution >= 4 is 21.8 Å². The van der Waals surface area contributed by atoms with Gasteiger partial charge in [-0.1, -0.05) is 12.5 Å². The van der Waals surface area contributed by atoms with Crippen LogP contribution in [0.5, 0.6) is 0 Å². The van der Waals surface area contributed by atoms with E-state index in [-0.39, 0.29) is 22.8 Å². The Morgan fingerprint density at radius 3 is 2.52 bits per heavy atom. The van der Waals surface area contributed by atoms with E-state index in [2.05, 4.69) is 5.32 Å². The summed E-state index contributed by atoms with van der Waals surface area (Å²) in [6, 6.07) is 5.68. The fourth-order valence-electron chi connectivity index (χ4n) is 3.97. The van der Waals surface area contributed by atoms with Crippen molar-refractivity contribution in [1.82, 2.24) is 9.62 Å². The first-order chi connectivity index (χ1) is 13.9. The van der Waals surface area contributed by atoms with Crippen LogP contribution in [0.3, 0.4) is 0 Å². The Hall–Kier alpha value is -1.97. The molecule has 0 bridgehead atoms. The highest BCUT2D eigenvalue weighted by Gasteiger charge is 2.29. The molecule has 0 aromatic heterocycles. The zero-order valence-electron chi connectivity index (χ0n) is 16.5. The molecule has 1 atom stereocenters. The normalized spacial score (nSPS) is 20.1. The van der Waals surface area contributed by atoms with E-state index in [1.54, 1.807) is 12.1 Å². The minimum atomic E-state index is -3.62. The second kappa shape index (κ2) is 9.69. The fourth-order valence-corrected chi connectivity index (χ4v) is 5.54. The van der Waals surface area contributed by atoms with Gasteiger partial charge in [0, 0.05) is 44.3 Å². The number of rotatable bonds is 7. The van der Waals surface area contributed by atoms with E-state index in [0.29, 0.717) is 26.3 Å². The van der Waals surface area contributed by atoms with Gasteiger partial charge in [-0.3, -0.25) is 9.59 Å². The van der Waals surface area contributed by atoms with E-state index in [1.165, 1.54) is 16.4 Å². The first-order valence-corrected chi connectivity index (χ1v) is 11.6. The predicted octanol–water partition coefficient (Wildman–Crippen LogP) is 1.26. The maximum absolute atomic E-state index is 12.9. The molecule has 1 aromatic carbocycles. The molecule has 0 unspecified atom stereocenters. The number of amides is 2. The fraction of sp³-hybridized carbons (Fsp3) is 0.600. The highest BCUT2D eigenvalue weighted by atomic mass is 32.2. The maximum atomic E-state index is 12.9. The summed E-state index contributed by atoms with van der Waals surface area (Å²) in [4.78, 5) is 24.4. The molecule has 2 amide bonds. The Labute approximate surface area is 171 Å². The lowest BCUT2D eigenvalue weighted by Crippen LogP contribution is -2.44. The van der Waals surface area contributed by atoms with Crippen molar-refractivity contribution in [2.24, 2.45) is 11.7 Å². The molecule has 0 radical (unpaired) electrons. The van der Waals surface area contributed by atoms with Gasteiger partial charge in [0.1, 0.15) is 0 Å². The van der Waals surface area contributed by atoms with Gasteiger partial charge in [0.25, 0.3) is 5.91 Å². The molecule has 9 heteroatoms. The number of primary amides is 1. The van der Waals surface area contributed by atoms with Gasteiger partial charge in [-0.2, -0.15) is 4.31 Å². The zero-order chi connectivity index (χ0) is 20.9. The molecule has 8 nitrogen and oxygen atoms in total. The second-order valence-corrected chi connectivity index (χ2v) is 9.63. The number of carbonyl (C=O) groups excluding carboxylic acids is 2. The summed E-state index contributed by atoms with van der Waals surface area (Å²) in [7, 11) is -3.62. The van der Waals surface area contributed by atoms with E-state index < -0.39 is 27.9 Å². The summed E-state index contributed by atoms with van der Waals surface area (Å²) in [5.41, 5.74) is 5.63. The van der Waals surface area contributed by atoms with E-state index >= 15 is 0 Å². The van der Waals surface area contributed by atoms with Crippen LogP contribution in [0.1, 0.15) is 48.9 Å². The van der Waals surface area contributed by atoms with E-state index in [4.69, 9.17) is 10.5 Å². The van der Waals surface area contributed by atoms with Crippen molar-refractivity contribution in [2.75, 3.05) is 26.3 Å². The molecule has 0 aliphatic carbocycles. The highest BCUT2D eigenvalue weighted by Crippen LogP contribution is 2.23. The molecule has 2 aliphatic rings. The molecule has 2 aliphatic heterocycles. The number of nitrogens with zero attached hydrogens (tertiary/aromatic N) is 1. The van der Waals surface area contributed by atoms with Gasteiger partial charge in [-0.25, -0.2) is 8.42 Å². The number of benzene rings is 1. The summed E-state index contributed by atoms with van der Waals surface area (Å²) >= 11 is 0. The number of ether oxygens (including phenoxy) is 1. The summed E-state index contributed by atoms with van der Waals surface area (Å²) in [5, 5.41) is 2.89. The molecular weight excluding hydrogens is 394 g/mol. The molecule has 3 N–H and O–H groups in total. The molecule has 1 aromatic rings. The third-order valence-electron chi connectivity index (χ3n) is 5.62. The third-order valence-corrected chi connectivity index (χ3v) is 7.52. The first kappa shape index (κ1) is 21.7. The molecule has 3 rings (SSSR count). The molecule has 29 heavy (non-hydrogen) atoms. The summed E-state index contributed by atoms with van der Waals surface area (Å²) in [5.74, 6) is -0.790. The van der Waals surface area contributed by atoms with Gasteiger partial charge in [-0.05, 0) is 49.8 Å². The largest absolute Gasteiger partial charge is 0.381 e. The van der Waals surface area contributed by atoms with Crippen LogP contribution in [0, 0.1) is 5.92 Å². The van der Waals surface area contributed by atoms with Gasteiger partial charge in [0.2, 0.25) is 15.9 Å². The molecule has 2 heterocycles. The number of piperidine rings is 1. The van der Waals surface area contributed by atoms with Crippen molar-refractivity contribution < 1.29 is 22.7 Å². The Morgan fingerprint density at radius 1 is 1.17 bits per heavy atom. The maximum Gasteiger partial charge on any atom is 0.251 e. The van der Waals surface area contributed by atoms with Gasteiger partial charge in [0.15, 0.2) is 0 Å². The van der Waals surface area contributed by atoms with Crippen LogP contribution in [0.4, 0.5) is 0 Å². The summed E-state index contributed by atoms with van der Waals surface area (Å²) in [6.45, 7) is 2.17. The monoisotopic (exact) mass is 423 g/mol. The SMILES string of the molecule is NC(=O)C[C@H](NC(=O)c1cccc(S(=O)(=O)N2CCCCC2)c1)C1CCOCC1. The third kappa shape index (κ3) is 5.55. The van der Waals surface area contributed by atoms with Crippen LogP contribution in [-0.2, 0) is 19.6 Å². The van der Waals surface area contributed by atoms with Crippen molar-refractivity contribution in [3.8, 4) is 0 Å². The lowest BCUT2D eigenvalue weighted by molar-refractivity contribution is -0.118. The lowest BCUT2D eigenvalue weighted by Gasteiger charge is -2.30. The lowest BCUT2D eigenvalue weighted by atomic mass is 9.89. The van der Waals surface area contributed by atoms with Gasteiger partial charge < -0.3 is 15.8 Å². The van der Waals surface area contributed by atoms with Crippen LogP contribution in [0.25, 0.3) is 0 Å². The van der Waals surface area contributed by atoms with Crippen LogP contribution in [0.15, 0.2) is 29.2 Å². The minimum absolute atomic E-state index is 0.0438. The Kier molecular flexibility index (Phi) is 7.26. The molecular formula is C20H29N3O5S. The summed E-state index contributed by atoms with van der Waals surface area (Å²) < 4.78 is 32.6. The van der Waals surface area contributed by atoms with Crippen LogP contribution >= 0.6 is 0 Å². The van der Waals surface area contributed by atoms with Gasteiger partial charge in [0.05, 0.1) is 4.90 Å². The standard InChI is InChI=1S/C20H29N3O5S/c21-19(24)14-18(15-7-11-28-12-8-15)22-20(25)16-5-4-6-17(13-16)29(26,27)23-9-2-1-3-10-23/h4-6,13,15,18H,1-3,7-12,14H2,(H2,21,24)(H,22,25)/t18-/m0/s1. The first-order valence-electron chi connectivity index (χ1n) is 10.1. The number of hydrogen-bond donors (Lipinski definition) is 2. The highest BCUT2D eigenvalue weighted by molar-refractivity contribution is 7.89. The Balaban J connectivity index is 1.76. The number of nitrogens with two attached hydrogens (primary N) is 1. The van der Waals surface area contributed by atoms with Gasteiger partial charge in [-0.15, -0.1) is 0 Å². The summed E-state index contributed by atoms with van der Waals surface area (Å²) in [6.07, 6.45) is 4.24. The van der Waals surface area contributed by atoms with E-state index in [1.807, 2.05) is 0 Å². The second-order valence-electron chi connectivity index (χ2n) is 7.69. The average molecular weight is 424 g/mol. The van der Waals surface area contributed by atoms with E-state index in [9.17, 15) is 18.0 Å². The predicted molar refractivity (Wildman–Crippen MR) is 108 cm³/mol. The van der Waals surface area contributed by atoms with Crippen LogP contribution < -0.4 is 11.1 Å². The van der Waals surface area contributed by atoms with Crippen molar-refractivity contribution in [2.45, 2.75) is 49.5 Å². The topological polar surface area (TPSA) is 119 Å². The molecule has 2 saturated heterocycles.